The van der Waals surface area contributed by atoms with Crippen LogP contribution in [0, 0.1) is 6.92 Å². The Hall–Kier alpha value is -1.12. The highest BCUT2D eigenvalue weighted by Crippen LogP contribution is 2.27. The molecule has 1 atom stereocenters. The quantitative estimate of drug-likeness (QED) is 0.686. The molecular weight excluding hydrogens is 312 g/mol. The number of alkyl halides is 1. The number of aryl methyl sites for hydroxylation is 1. The molecule has 0 aliphatic carbocycles. The van der Waals surface area contributed by atoms with E-state index in [0.717, 1.165) is 19.4 Å². The molecule has 0 N–H and O–H groups in total. The van der Waals surface area contributed by atoms with Crippen LogP contribution in [0.3, 0.4) is 0 Å². The van der Waals surface area contributed by atoms with Crippen LogP contribution in [0.4, 0.5) is 0 Å². The second kappa shape index (κ2) is 7.61. The highest BCUT2D eigenvalue weighted by molar-refractivity contribution is 9.09. The minimum absolute atomic E-state index is 0.362. The van der Waals surface area contributed by atoms with Crippen molar-refractivity contribution in [3.8, 4) is 0 Å². The largest absolute Gasteiger partial charge is 0.384 e. The van der Waals surface area contributed by atoms with Crippen LogP contribution >= 0.6 is 15.9 Å². The van der Waals surface area contributed by atoms with Crippen molar-refractivity contribution in [2.75, 3.05) is 13.7 Å². The first kappa shape index (κ1) is 15.3. The number of rotatable bonds is 6. The van der Waals surface area contributed by atoms with Gasteiger partial charge in [-0.2, -0.15) is 0 Å². The number of hydrogen-bond acceptors (Lipinski definition) is 1. The molecule has 2 aromatic carbocycles. The molecule has 0 saturated heterocycles. The minimum atomic E-state index is 0.362. The van der Waals surface area contributed by atoms with Gasteiger partial charge in [0.1, 0.15) is 0 Å². The van der Waals surface area contributed by atoms with E-state index in [9.17, 15) is 0 Å². The number of methoxy groups -OCH3 is 1. The molecule has 1 unspecified atom stereocenters. The van der Waals surface area contributed by atoms with Gasteiger partial charge in [0.2, 0.25) is 0 Å². The van der Waals surface area contributed by atoms with Crippen molar-refractivity contribution < 1.29 is 4.74 Å². The molecule has 2 rings (SSSR count). The first-order valence-electron chi connectivity index (χ1n) is 6.96. The summed E-state index contributed by atoms with van der Waals surface area (Å²) in [5, 5.41) is 0. The maximum atomic E-state index is 5.10. The standard InChI is InChI=1S/C18H21BrO/c1-14-4-3-5-16(12-14)13-18(19)17-8-6-15(7-9-17)10-11-20-2/h3-9,12,18H,10-11,13H2,1-2H3. The van der Waals surface area contributed by atoms with Crippen LogP contribution in [0.1, 0.15) is 27.1 Å². The first-order valence-corrected chi connectivity index (χ1v) is 7.88. The third-order valence-electron chi connectivity index (χ3n) is 3.43. The van der Waals surface area contributed by atoms with E-state index in [-0.39, 0.29) is 0 Å². The van der Waals surface area contributed by atoms with Crippen molar-refractivity contribution in [2.45, 2.75) is 24.6 Å². The molecule has 106 valence electrons. The van der Waals surface area contributed by atoms with Crippen LogP contribution in [0.5, 0.6) is 0 Å². The lowest BCUT2D eigenvalue weighted by Crippen LogP contribution is -1.98. The van der Waals surface area contributed by atoms with E-state index in [4.69, 9.17) is 4.74 Å². The van der Waals surface area contributed by atoms with E-state index in [0.29, 0.717) is 4.83 Å². The highest BCUT2D eigenvalue weighted by Gasteiger charge is 2.08. The zero-order chi connectivity index (χ0) is 14.4. The van der Waals surface area contributed by atoms with Gasteiger partial charge >= 0.3 is 0 Å². The highest BCUT2D eigenvalue weighted by atomic mass is 79.9. The van der Waals surface area contributed by atoms with E-state index < -0.39 is 0 Å². The molecule has 0 aliphatic heterocycles. The van der Waals surface area contributed by atoms with Gasteiger partial charge in [0.05, 0.1) is 6.61 Å². The van der Waals surface area contributed by atoms with Crippen molar-refractivity contribution in [2.24, 2.45) is 0 Å². The molecule has 0 radical (unpaired) electrons. The van der Waals surface area contributed by atoms with Gasteiger partial charge in [0, 0.05) is 11.9 Å². The van der Waals surface area contributed by atoms with Gasteiger partial charge in [0.15, 0.2) is 0 Å². The molecule has 1 nitrogen and oxygen atoms in total. The molecule has 2 aromatic rings. The Bertz CT molecular complexity index is 533. The third kappa shape index (κ3) is 4.46. The summed E-state index contributed by atoms with van der Waals surface area (Å²) in [5.74, 6) is 0. The van der Waals surface area contributed by atoms with E-state index >= 15 is 0 Å². The molecule has 0 fully saturated rings. The molecule has 0 aliphatic rings. The van der Waals surface area contributed by atoms with Crippen molar-refractivity contribution in [3.63, 3.8) is 0 Å². The molecule has 0 spiro atoms. The van der Waals surface area contributed by atoms with Gasteiger partial charge in [-0.3, -0.25) is 0 Å². The second-order valence-electron chi connectivity index (χ2n) is 5.15. The lowest BCUT2D eigenvalue weighted by Gasteiger charge is -2.12. The van der Waals surface area contributed by atoms with Crippen LogP contribution < -0.4 is 0 Å². The topological polar surface area (TPSA) is 9.23 Å². The Morgan fingerprint density at radius 1 is 1.05 bits per heavy atom. The van der Waals surface area contributed by atoms with Gasteiger partial charge in [-0.1, -0.05) is 70.0 Å². The monoisotopic (exact) mass is 332 g/mol. The molecule has 20 heavy (non-hydrogen) atoms. The number of ether oxygens (including phenoxy) is 1. The molecular formula is C18H21BrO. The van der Waals surface area contributed by atoms with Crippen molar-refractivity contribution in [1.82, 2.24) is 0 Å². The van der Waals surface area contributed by atoms with Gasteiger partial charge in [-0.15, -0.1) is 0 Å². The Labute approximate surface area is 130 Å². The van der Waals surface area contributed by atoms with Crippen LogP contribution in [-0.4, -0.2) is 13.7 Å². The molecule has 0 heterocycles. The summed E-state index contributed by atoms with van der Waals surface area (Å²) >= 11 is 3.80. The average Bonchev–Trinajstić information content (AvgIpc) is 2.45. The first-order chi connectivity index (χ1) is 9.69. The van der Waals surface area contributed by atoms with E-state index in [1.54, 1.807) is 7.11 Å². The SMILES string of the molecule is COCCc1ccc(C(Br)Cc2cccc(C)c2)cc1. The van der Waals surface area contributed by atoms with E-state index in [1.165, 1.54) is 22.3 Å². The summed E-state index contributed by atoms with van der Waals surface area (Å²) < 4.78 is 5.10. The predicted molar refractivity (Wildman–Crippen MR) is 88.6 cm³/mol. The molecule has 0 amide bonds. The summed E-state index contributed by atoms with van der Waals surface area (Å²) in [6, 6.07) is 17.5. The summed E-state index contributed by atoms with van der Waals surface area (Å²) in [7, 11) is 1.74. The summed E-state index contributed by atoms with van der Waals surface area (Å²) in [6.45, 7) is 2.91. The summed E-state index contributed by atoms with van der Waals surface area (Å²) in [6.07, 6.45) is 1.99. The van der Waals surface area contributed by atoms with Crippen molar-refractivity contribution >= 4 is 15.9 Å². The Morgan fingerprint density at radius 3 is 2.45 bits per heavy atom. The van der Waals surface area contributed by atoms with E-state index in [1.807, 2.05) is 0 Å². The normalized spacial score (nSPS) is 12.3. The van der Waals surface area contributed by atoms with Crippen molar-refractivity contribution in [1.29, 1.82) is 0 Å². The smallest absolute Gasteiger partial charge is 0.0502 e. The van der Waals surface area contributed by atoms with Crippen LogP contribution in [0.15, 0.2) is 48.5 Å². The summed E-state index contributed by atoms with van der Waals surface area (Å²) in [4.78, 5) is 0.362. The fourth-order valence-corrected chi connectivity index (χ4v) is 2.96. The zero-order valence-electron chi connectivity index (χ0n) is 12.1. The molecule has 0 aromatic heterocycles. The molecule has 0 saturated carbocycles. The Kier molecular flexibility index (Phi) is 5.81. The third-order valence-corrected chi connectivity index (χ3v) is 4.29. The Morgan fingerprint density at radius 2 is 1.80 bits per heavy atom. The molecule has 0 bridgehead atoms. The van der Waals surface area contributed by atoms with Crippen LogP contribution in [0.25, 0.3) is 0 Å². The van der Waals surface area contributed by atoms with Gasteiger partial charge in [0.25, 0.3) is 0 Å². The Balaban J connectivity index is 2.00. The minimum Gasteiger partial charge on any atom is -0.384 e. The lowest BCUT2D eigenvalue weighted by molar-refractivity contribution is 0.202. The lowest BCUT2D eigenvalue weighted by atomic mass is 10.0. The molecule has 2 heteroatoms. The number of hydrogen-bond donors (Lipinski definition) is 0. The van der Waals surface area contributed by atoms with Gasteiger partial charge < -0.3 is 4.74 Å². The summed E-state index contributed by atoms with van der Waals surface area (Å²) in [5.41, 5.74) is 5.34. The number of halogens is 1. The maximum Gasteiger partial charge on any atom is 0.0502 e. The average molecular weight is 333 g/mol. The second-order valence-corrected chi connectivity index (χ2v) is 6.25. The van der Waals surface area contributed by atoms with Gasteiger partial charge in [-0.25, -0.2) is 0 Å². The predicted octanol–water partition coefficient (Wildman–Crippen LogP) is 4.86. The fraction of sp³-hybridized carbons (Fsp3) is 0.333. The van der Waals surface area contributed by atoms with E-state index in [2.05, 4.69) is 71.4 Å². The van der Waals surface area contributed by atoms with Crippen LogP contribution in [-0.2, 0) is 17.6 Å². The number of benzene rings is 2. The fourth-order valence-electron chi connectivity index (χ4n) is 2.28. The zero-order valence-corrected chi connectivity index (χ0v) is 13.7. The maximum absolute atomic E-state index is 5.10. The van der Waals surface area contributed by atoms with Crippen LogP contribution in [0.2, 0.25) is 0 Å². The van der Waals surface area contributed by atoms with Crippen molar-refractivity contribution in [3.05, 3.63) is 70.8 Å². The van der Waals surface area contributed by atoms with Gasteiger partial charge in [-0.05, 0) is 36.5 Å².